The Morgan fingerprint density at radius 3 is 2.84 bits per heavy atom. The Labute approximate surface area is 121 Å². The van der Waals surface area contributed by atoms with Gasteiger partial charge in [0.05, 0.1) is 6.61 Å². The summed E-state index contributed by atoms with van der Waals surface area (Å²) in [5.74, 6) is 1.16. The van der Waals surface area contributed by atoms with Crippen molar-refractivity contribution in [2.45, 2.75) is 32.1 Å². The lowest BCUT2D eigenvalue weighted by molar-refractivity contribution is 0.110. The van der Waals surface area contributed by atoms with Crippen LogP contribution < -0.4 is 5.32 Å². The Kier molecular flexibility index (Phi) is 6.15. The van der Waals surface area contributed by atoms with E-state index >= 15 is 0 Å². The van der Waals surface area contributed by atoms with E-state index in [0.717, 1.165) is 43.7 Å². The first-order valence-corrected chi connectivity index (χ1v) is 7.72. The zero-order valence-electron chi connectivity index (χ0n) is 11.7. The summed E-state index contributed by atoms with van der Waals surface area (Å²) < 4.78 is 5.86. The highest BCUT2D eigenvalue weighted by Gasteiger charge is 2.22. The van der Waals surface area contributed by atoms with Crippen LogP contribution in [0.25, 0.3) is 0 Å². The van der Waals surface area contributed by atoms with Crippen molar-refractivity contribution in [3.05, 3.63) is 34.9 Å². The van der Waals surface area contributed by atoms with Crippen LogP contribution in [-0.4, -0.2) is 26.3 Å². The van der Waals surface area contributed by atoms with Crippen molar-refractivity contribution in [2.75, 3.05) is 26.3 Å². The fourth-order valence-electron chi connectivity index (χ4n) is 2.18. The van der Waals surface area contributed by atoms with Gasteiger partial charge in [0.1, 0.15) is 0 Å². The van der Waals surface area contributed by atoms with Crippen molar-refractivity contribution in [2.24, 2.45) is 5.92 Å². The SMILES string of the molecule is CCCNCC(COCC1CC1)c1ccccc1Cl. The van der Waals surface area contributed by atoms with Crippen LogP contribution in [0.5, 0.6) is 0 Å². The second kappa shape index (κ2) is 7.88. The van der Waals surface area contributed by atoms with Crippen LogP contribution in [-0.2, 0) is 4.74 Å². The monoisotopic (exact) mass is 281 g/mol. The van der Waals surface area contributed by atoms with Gasteiger partial charge in [-0.1, -0.05) is 36.7 Å². The van der Waals surface area contributed by atoms with Crippen LogP contribution >= 0.6 is 11.6 Å². The fraction of sp³-hybridized carbons (Fsp3) is 0.625. The third-order valence-corrected chi connectivity index (χ3v) is 3.88. The smallest absolute Gasteiger partial charge is 0.0547 e. The van der Waals surface area contributed by atoms with Gasteiger partial charge in [-0.05, 0) is 43.4 Å². The van der Waals surface area contributed by atoms with E-state index in [1.807, 2.05) is 12.1 Å². The predicted molar refractivity (Wildman–Crippen MR) is 80.9 cm³/mol. The molecule has 0 saturated heterocycles. The van der Waals surface area contributed by atoms with Crippen LogP contribution in [0.15, 0.2) is 24.3 Å². The van der Waals surface area contributed by atoms with E-state index in [-0.39, 0.29) is 0 Å². The quantitative estimate of drug-likeness (QED) is 0.694. The average molecular weight is 282 g/mol. The number of ether oxygens (including phenoxy) is 1. The third-order valence-electron chi connectivity index (χ3n) is 3.53. The molecule has 0 spiro atoms. The summed E-state index contributed by atoms with van der Waals surface area (Å²) in [6.45, 7) is 5.83. The molecule has 0 heterocycles. The summed E-state index contributed by atoms with van der Waals surface area (Å²) in [4.78, 5) is 0. The normalized spacial score (nSPS) is 16.5. The molecule has 0 bridgehead atoms. The highest BCUT2D eigenvalue weighted by atomic mass is 35.5. The lowest BCUT2D eigenvalue weighted by Gasteiger charge is -2.19. The number of nitrogens with one attached hydrogen (secondary N) is 1. The van der Waals surface area contributed by atoms with Crippen molar-refractivity contribution in [1.29, 1.82) is 0 Å². The first-order valence-electron chi connectivity index (χ1n) is 7.34. The molecule has 2 nitrogen and oxygen atoms in total. The number of hydrogen-bond donors (Lipinski definition) is 1. The van der Waals surface area contributed by atoms with Crippen LogP contribution in [0.1, 0.15) is 37.7 Å². The third kappa shape index (κ3) is 5.13. The molecule has 1 aliphatic carbocycles. The molecule has 1 fully saturated rings. The topological polar surface area (TPSA) is 21.3 Å². The molecule has 3 heteroatoms. The van der Waals surface area contributed by atoms with Gasteiger partial charge < -0.3 is 10.1 Å². The van der Waals surface area contributed by atoms with E-state index in [0.29, 0.717) is 5.92 Å². The lowest BCUT2D eigenvalue weighted by atomic mass is 10.00. The van der Waals surface area contributed by atoms with E-state index in [1.165, 1.54) is 18.4 Å². The second-order valence-electron chi connectivity index (χ2n) is 5.40. The van der Waals surface area contributed by atoms with E-state index in [2.05, 4.69) is 24.4 Å². The summed E-state index contributed by atoms with van der Waals surface area (Å²) in [6.07, 6.45) is 3.83. The molecule has 19 heavy (non-hydrogen) atoms. The molecule has 0 aliphatic heterocycles. The zero-order chi connectivity index (χ0) is 13.5. The number of halogens is 1. The summed E-state index contributed by atoms with van der Waals surface area (Å²) >= 11 is 6.30. The van der Waals surface area contributed by atoms with E-state index < -0.39 is 0 Å². The van der Waals surface area contributed by atoms with E-state index in [1.54, 1.807) is 0 Å². The van der Waals surface area contributed by atoms with Gasteiger partial charge in [0.2, 0.25) is 0 Å². The van der Waals surface area contributed by atoms with Gasteiger partial charge in [-0.2, -0.15) is 0 Å². The van der Waals surface area contributed by atoms with E-state index in [4.69, 9.17) is 16.3 Å². The Hall–Kier alpha value is -0.570. The largest absolute Gasteiger partial charge is 0.380 e. The fourth-order valence-corrected chi connectivity index (χ4v) is 2.47. The maximum absolute atomic E-state index is 6.30. The van der Waals surface area contributed by atoms with Crippen LogP contribution in [0.4, 0.5) is 0 Å². The Morgan fingerprint density at radius 2 is 2.16 bits per heavy atom. The standard InChI is InChI=1S/C16H24ClNO/c1-2-9-18-10-14(12-19-11-13-7-8-13)15-5-3-4-6-16(15)17/h3-6,13-14,18H,2,7-12H2,1H3. The summed E-state index contributed by atoms with van der Waals surface area (Å²) in [5.41, 5.74) is 1.20. The molecular formula is C16H24ClNO. The van der Waals surface area contributed by atoms with Gasteiger partial charge in [0.15, 0.2) is 0 Å². The van der Waals surface area contributed by atoms with Crippen molar-refractivity contribution in [3.63, 3.8) is 0 Å². The molecular weight excluding hydrogens is 258 g/mol. The van der Waals surface area contributed by atoms with Gasteiger partial charge in [0, 0.05) is 24.1 Å². The van der Waals surface area contributed by atoms with Crippen molar-refractivity contribution in [1.82, 2.24) is 5.32 Å². The van der Waals surface area contributed by atoms with E-state index in [9.17, 15) is 0 Å². The lowest BCUT2D eigenvalue weighted by Crippen LogP contribution is -2.25. The average Bonchev–Trinajstić information content (AvgIpc) is 3.22. The van der Waals surface area contributed by atoms with Crippen molar-refractivity contribution in [3.8, 4) is 0 Å². The molecule has 2 rings (SSSR count). The molecule has 0 radical (unpaired) electrons. The molecule has 1 N–H and O–H groups in total. The van der Waals surface area contributed by atoms with Gasteiger partial charge in [-0.15, -0.1) is 0 Å². The van der Waals surface area contributed by atoms with Gasteiger partial charge in [0.25, 0.3) is 0 Å². The Balaban J connectivity index is 1.89. The molecule has 0 aromatic heterocycles. The first-order chi connectivity index (χ1) is 9.31. The minimum absolute atomic E-state index is 0.346. The Morgan fingerprint density at radius 1 is 1.37 bits per heavy atom. The molecule has 0 amide bonds. The molecule has 1 aromatic rings. The summed E-state index contributed by atoms with van der Waals surface area (Å²) in [7, 11) is 0. The zero-order valence-corrected chi connectivity index (χ0v) is 12.5. The second-order valence-corrected chi connectivity index (χ2v) is 5.81. The highest BCUT2D eigenvalue weighted by molar-refractivity contribution is 6.31. The van der Waals surface area contributed by atoms with Gasteiger partial charge >= 0.3 is 0 Å². The molecule has 1 saturated carbocycles. The van der Waals surface area contributed by atoms with Crippen molar-refractivity contribution < 1.29 is 4.74 Å². The number of benzene rings is 1. The summed E-state index contributed by atoms with van der Waals surface area (Å²) in [6, 6.07) is 8.11. The number of rotatable bonds is 9. The minimum Gasteiger partial charge on any atom is -0.380 e. The van der Waals surface area contributed by atoms with Crippen LogP contribution in [0.2, 0.25) is 5.02 Å². The maximum Gasteiger partial charge on any atom is 0.0547 e. The molecule has 1 atom stereocenters. The maximum atomic E-state index is 6.30. The van der Waals surface area contributed by atoms with Crippen LogP contribution in [0, 0.1) is 5.92 Å². The molecule has 106 valence electrons. The van der Waals surface area contributed by atoms with Crippen LogP contribution in [0.3, 0.4) is 0 Å². The molecule has 1 aromatic carbocycles. The van der Waals surface area contributed by atoms with Gasteiger partial charge in [-0.25, -0.2) is 0 Å². The van der Waals surface area contributed by atoms with Crippen molar-refractivity contribution >= 4 is 11.6 Å². The Bertz CT molecular complexity index is 379. The molecule has 1 unspecified atom stereocenters. The number of hydrogen-bond acceptors (Lipinski definition) is 2. The predicted octanol–water partition coefficient (Wildman–Crippen LogP) is 3.85. The first kappa shape index (κ1) is 14.8. The summed E-state index contributed by atoms with van der Waals surface area (Å²) in [5, 5.41) is 4.32. The minimum atomic E-state index is 0.346. The van der Waals surface area contributed by atoms with Gasteiger partial charge in [-0.3, -0.25) is 0 Å². The molecule has 1 aliphatic rings. The highest BCUT2D eigenvalue weighted by Crippen LogP contribution is 2.30.